The van der Waals surface area contributed by atoms with Crippen LogP contribution in [-0.2, 0) is 10.2 Å². The first-order valence-electron chi connectivity index (χ1n) is 11.1. The van der Waals surface area contributed by atoms with E-state index in [0.29, 0.717) is 42.8 Å². The molecule has 1 fully saturated rings. The van der Waals surface area contributed by atoms with Crippen LogP contribution in [0.3, 0.4) is 0 Å². The second-order valence-electron chi connectivity index (χ2n) is 9.09. The summed E-state index contributed by atoms with van der Waals surface area (Å²) in [6, 6.07) is 13.2. The van der Waals surface area contributed by atoms with Gasteiger partial charge in [-0.15, -0.1) is 0 Å². The van der Waals surface area contributed by atoms with E-state index in [1.54, 1.807) is 0 Å². The third-order valence-corrected chi connectivity index (χ3v) is 5.53. The van der Waals surface area contributed by atoms with Crippen LogP contribution < -0.4 is 20.1 Å². The van der Waals surface area contributed by atoms with E-state index < -0.39 is 0 Å². The summed E-state index contributed by atoms with van der Waals surface area (Å²) in [5.41, 5.74) is 2.54. The predicted octanol–water partition coefficient (Wildman–Crippen LogP) is 4.13. The topological polar surface area (TPSA) is 81.2 Å². The summed E-state index contributed by atoms with van der Waals surface area (Å²) >= 11 is 0. The minimum atomic E-state index is -0.221. The van der Waals surface area contributed by atoms with Crippen LogP contribution >= 0.6 is 0 Å². The molecule has 0 saturated carbocycles. The zero-order valence-electron chi connectivity index (χ0n) is 18.9. The van der Waals surface area contributed by atoms with Crippen molar-refractivity contribution in [3.8, 4) is 11.5 Å². The molecule has 2 aromatic rings. The Bertz CT molecular complexity index is 974. The van der Waals surface area contributed by atoms with Gasteiger partial charge in [0, 0.05) is 23.9 Å². The number of amides is 1. The van der Waals surface area contributed by atoms with Crippen molar-refractivity contribution in [3.63, 3.8) is 0 Å². The molecule has 7 nitrogen and oxygen atoms in total. The van der Waals surface area contributed by atoms with Gasteiger partial charge in [-0.3, -0.25) is 10.1 Å². The van der Waals surface area contributed by atoms with Gasteiger partial charge in [-0.2, -0.15) is 0 Å². The number of fused-ring (bicyclic) bond motifs is 1. The van der Waals surface area contributed by atoms with Gasteiger partial charge in [0.25, 0.3) is 5.91 Å². The smallest absolute Gasteiger partial charge is 0.257 e. The van der Waals surface area contributed by atoms with E-state index in [2.05, 4.69) is 36.4 Å². The Labute approximate surface area is 189 Å². The van der Waals surface area contributed by atoms with Gasteiger partial charge in [0.1, 0.15) is 13.2 Å². The van der Waals surface area contributed by atoms with Crippen molar-refractivity contribution in [2.24, 2.45) is 4.99 Å². The minimum Gasteiger partial charge on any atom is -0.486 e. The maximum Gasteiger partial charge on any atom is 0.257 e. The molecule has 2 heterocycles. The van der Waals surface area contributed by atoms with Crippen LogP contribution in [0.5, 0.6) is 11.5 Å². The first-order chi connectivity index (χ1) is 15.4. The maximum atomic E-state index is 12.9. The highest BCUT2D eigenvalue weighted by molar-refractivity contribution is 6.10. The van der Waals surface area contributed by atoms with Crippen LogP contribution in [-0.4, -0.2) is 44.3 Å². The van der Waals surface area contributed by atoms with Gasteiger partial charge in [-0.1, -0.05) is 32.9 Å². The van der Waals surface area contributed by atoms with Crippen LogP contribution in [0.25, 0.3) is 0 Å². The van der Waals surface area contributed by atoms with Crippen LogP contribution in [0, 0.1) is 0 Å². The molecule has 1 unspecified atom stereocenters. The third-order valence-electron chi connectivity index (χ3n) is 5.53. The van der Waals surface area contributed by atoms with Crippen molar-refractivity contribution in [1.29, 1.82) is 0 Å². The van der Waals surface area contributed by atoms with Crippen molar-refractivity contribution in [2.75, 3.05) is 31.7 Å². The Morgan fingerprint density at radius 1 is 1.03 bits per heavy atom. The fourth-order valence-corrected chi connectivity index (χ4v) is 3.65. The Morgan fingerprint density at radius 3 is 2.47 bits per heavy atom. The molecule has 32 heavy (non-hydrogen) atoms. The lowest BCUT2D eigenvalue weighted by atomic mass is 9.87. The van der Waals surface area contributed by atoms with Gasteiger partial charge in [-0.25, -0.2) is 4.99 Å². The molecule has 2 aliphatic heterocycles. The molecule has 0 aromatic heterocycles. The molecule has 4 rings (SSSR count). The van der Waals surface area contributed by atoms with E-state index in [1.807, 2.05) is 42.5 Å². The van der Waals surface area contributed by atoms with E-state index in [1.165, 1.54) is 5.56 Å². The molecule has 0 aliphatic carbocycles. The quantitative estimate of drug-likeness (QED) is 0.555. The Kier molecular flexibility index (Phi) is 6.65. The summed E-state index contributed by atoms with van der Waals surface area (Å²) in [6.45, 7) is 8.74. The Morgan fingerprint density at radius 2 is 1.78 bits per heavy atom. The molecule has 7 heteroatoms. The molecule has 0 radical (unpaired) electrons. The van der Waals surface area contributed by atoms with Crippen molar-refractivity contribution >= 4 is 17.6 Å². The number of rotatable bonds is 4. The Hall–Kier alpha value is -3.06. The van der Waals surface area contributed by atoms with Crippen molar-refractivity contribution in [3.05, 3.63) is 53.6 Å². The summed E-state index contributed by atoms with van der Waals surface area (Å²) < 4.78 is 16.9. The molecule has 1 atom stereocenters. The van der Waals surface area contributed by atoms with Crippen molar-refractivity contribution in [2.45, 2.75) is 45.1 Å². The fourth-order valence-electron chi connectivity index (χ4n) is 3.65. The number of nitrogens with one attached hydrogen (secondary N) is 2. The van der Waals surface area contributed by atoms with Gasteiger partial charge in [0.15, 0.2) is 11.5 Å². The summed E-state index contributed by atoms with van der Waals surface area (Å²) in [5, 5.41) is 6.13. The number of carbonyl (C=O) groups is 1. The average Bonchev–Trinajstić information content (AvgIpc) is 3.30. The number of anilines is 1. The molecule has 1 saturated heterocycles. The van der Waals surface area contributed by atoms with E-state index in [0.717, 1.165) is 25.1 Å². The first kappa shape index (κ1) is 22.1. The van der Waals surface area contributed by atoms with Gasteiger partial charge >= 0.3 is 0 Å². The largest absolute Gasteiger partial charge is 0.486 e. The van der Waals surface area contributed by atoms with E-state index >= 15 is 0 Å². The second kappa shape index (κ2) is 9.61. The molecule has 0 spiro atoms. The molecule has 0 bridgehead atoms. The molecular weight excluding hydrogens is 406 g/mol. The van der Waals surface area contributed by atoms with Crippen LogP contribution in [0.1, 0.15) is 49.5 Å². The Balaban J connectivity index is 1.50. The number of hydrogen-bond acceptors (Lipinski definition) is 5. The predicted molar refractivity (Wildman–Crippen MR) is 125 cm³/mol. The number of guanidine groups is 1. The number of carbonyl (C=O) groups excluding carboxylic acids is 1. The lowest BCUT2D eigenvalue weighted by molar-refractivity contribution is 0.0975. The normalized spacial score (nSPS) is 18.3. The number of ether oxygens (including phenoxy) is 3. The highest BCUT2D eigenvalue weighted by atomic mass is 16.6. The standard InChI is InChI=1S/C25H31N3O4/c1-25(2,3)18-8-6-17(7-9-18)23(29)28-24(26-16-20-5-4-12-30-20)27-19-10-11-21-22(15-19)32-14-13-31-21/h6-11,15,20H,4-5,12-14,16H2,1-3H3,(H2,26,27,28,29). The molecular formula is C25H31N3O4. The molecule has 2 aliphatic rings. The SMILES string of the molecule is CC(C)(C)c1ccc(C(=O)NC(=NCC2CCCO2)Nc2ccc3c(c2)OCCO3)cc1. The van der Waals surface area contributed by atoms with E-state index in [-0.39, 0.29) is 17.4 Å². The maximum absolute atomic E-state index is 12.9. The first-order valence-corrected chi connectivity index (χ1v) is 11.1. The fraction of sp³-hybridized carbons (Fsp3) is 0.440. The van der Waals surface area contributed by atoms with E-state index in [4.69, 9.17) is 14.2 Å². The van der Waals surface area contributed by atoms with Crippen LogP contribution in [0.2, 0.25) is 0 Å². The minimum absolute atomic E-state index is 0.0305. The van der Waals surface area contributed by atoms with Gasteiger partial charge in [-0.05, 0) is 48.1 Å². The summed E-state index contributed by atoms with van der Waals surface area (Å²) in [4.78, 5) is 17.5. The number of aliphatic imine (C=N–C) groups is 1. The molecule has 1 amide bonds. The van der Waals surface area contributed by atoms with Gasteiger partial charge in [0.2, 0.25) is 5.96 Å². The van der Waals surface area contributed by atoms with Crippen LogP contribution in [0.15, 0.2) is 47.5 Å². The lowest BCUT2D eigenvalue weighted by Crippen LogP contribution is -2.36. The molecule has 2 aromatic carbocycles. The van der Waals surface area contributed by atoms with Crippen molar-refractivity contribution in [1.82, 2.24) is 5.32 Å². The second-order valence-corrected chi connectivity index (χ2v) is 9.09. The lowest BCUT2D eigenvalue weighted by Gasteiger charge is -2.20. The zero-order chi connectivity index (χ0) is 22.6. The van der Waals surface area contributed by atoms with Gasteiger partial charge < -0.3 is 19.5 Å². The molecule has 2 N–H and O–H groups in total. The van der Waals surface area contributed by atoms with Gasteiger partial charge in [0.05, 0.1) is 12.6 Å². The molecule has 170 valence electrons. The zero-order valence-corrected chi connectivity index (χ0v) is 18.9. The number of benzene rings is 2. The number of hydrogen-bond donors (Lipinski definition) is 2. The summed E-state index contributed by atoms with van der Waals surface area (Å²) in [7, 11) is 0. The highest BCUT2D eigenvalue weighted by Crippen LogP contribution is 2.32. The monoisotopic (exact) mass is 437 g/mol. The van der Waals surface area contributed by atoms with E-state index in [9.17, 15) is 4.79 Å². The van der Waals surface area contributed by atoms with Crippen molar-refractivity contribution < 1.29 is 19.0 Å². The summed E-state index contributed by atoms with van der Waals surface area (Å²) in [6.07, 6.45) is 2.09. The number of nitrogens with zero attached hydrogens (tertiary/aromatic N) is 1. The third kappa shape index (κ3) is 5.59. The van der Waals surface area contributed by atoms with Crippen LogP contribution in [0.4, 0.5) is 5.69 Å². The highest BCUT2D eigenvalue weighted by Gasteiger charge is 2.18. The summed E-state index contributed by atoms with van der Waals surface area (Å²) in [5.74, 6) is 1.54. The average molecular weight is 438 g/mol.